The standard InChI is InChI=1S/C26H30N2O7/c1-26(24(30)31)15-34-14-22(26)28-23(29)11-16(33-2)12-27-25(32)35-13-21-19-9-5-3-7-17(19)18-8-4-6-10-20(18)21/h3-10,16,21-22H,11-15H2,1-2H3,(H,27,32)(H,28,29)(H,30,31). The van der Waals surface area contributed by atoms with Crippen LogP contribution < -0.4 is 10.6 Å². The van der Waals surface area contributed by atoms with Crippen molar-refractivity contribution >= 4 is 18.0 Å². The number of ether oxygens (including phenoxy) is 3. The third-order valence-electron chi connectivity index (χ3n) is 6.84. The normalized spacial score (nSPS) is 21.6. The van der Waals surface area contributed by atoms with Gasteiger partial charge in [0.1, 0.15) is 12.0 Å². The zero-order chi connectivity index (χ0) is 25.0. The molecule has 9 nitrogen and oxygen atoms in total. The van der Waals surface area contributed by atoms with E-state index in [9.17, 15) is 19.5 Å². The quantitative estimate of drug-likeness (QED) is 0.502. The summed E-state index contributed by atoms with van der Waals surface area (Å²) in [6.07, 6.45) is -1.25. The van der Waals surface area contributed by atoms with Crippen LogP contribution >= 0.6 is 0 Å². The van der Waals surface area contributed by atoms with Crippen LogP contribution in [0.1, 0.15) is 30.4 Å². The van der Waals surface area contributed by atoms with Gasteiger partial charge in [0.05, 0.1) is 31.8 Å². The van der Waals surface area contributed by atoms with E-state index in [0.29, 0.717) is 0 Å². The van der Waals surface area contributed by atoms with Gasteiger partial charge in [0.15, 0.2) is 0 Å². The van der Waals surface area contributed by atoms with Crippen molar-refractivity contribution in [3.8, 4) is 11.1 Å². The highest BCUT2D eigenvalue weighted by Gasteiger charge is 2.47. The van der Waals surface area contributed by atoms with Gasteiger partial charge in [-0.05, 0) is 29.2 Å². The Balaban J connectivity index is 1.27. The summed E-state index contributed by atoms with van der Waals surface area (Å²) in [5, 5.41) is 14.8. The van der Waals surface area contributed by atoms with Crippen LogP contribution in [0.4, 0.5) is 4.79 Å². The van der Waals surface area contributed by atoms with Crippen LogP contribution in [0.15, 0.2) is 48.5 Å². The molecule has 1 aliphatic heterocycles. The van der Waals surface area contributed by atoms with E-state index >= 15 is 0 Å². The van der Waals surface area contributed by atoms with Crippen molar-refractivity contribution in [2.24, 2.45) is 5.41 Å². The van der Waals surface area contributed by atoms with Crippen molar-refractivity contribution in [2.45, 2.75) is 31.4 Å². The van der Waals surface area contributed by atoms with Crippen molar-refractivity contribution in [1.82, 2.24) is 10.6 Å². The second kappa shape index (κ2) is 10.5. The Labute approximate surface area is 203 Å². The number of carboxylic acids is 1. The molecule has 9 heteroatoms. The van der Waals surface area contributed by atoms with E-state index in [-0.39, 0.29) is 44.6 Å². The molecule has 2 aromatic carbocycles. The molecule has 2 aromatic rings. The first-order valence-corrected chi connectivity index (χ1v) is 11.6. The summed E-state index contributed by atoms with van der Waals surface area (Å²) in [5.41, 5.74) is 3.36. The number of aliphatic carboxylic acids is 1. The first-order chi connectivity index (χ1) is 16.8. The number of alkyl carbamates (subject to hydrolysis) is 1. The summed E-state index contributed by atoms with van der Waals surface area (Å²) in [4.78, 5) is 36.4. The highest BCUT2D eigenvalue weighted by atomic mass is 16.5. The number of amides is 2. The maximum Gasteiger partial charge on any atom is 0.407 e. The van der Waals surface area contributed by atoms with Crippen LogP contribution in [0.3, 0.4) is 0 Å². The molecule has 2 aliphatic rings. The predicted octanol–water partition coefficient (Wildman–Crippen LogP) is 2.54. The number of nitrogens with one attached hydrogen (secondary N) is 2. The van der Waals surface area contributed by atoms with Gasteiger partial charge in [-0.25, -0.2) is 4.79 Å². The molecular weight excluding hydrogens is 452 g/mol. The van der Waals surface area contributed by atoms with E-state index in [2.05, 4.69) is 22.8 Å². The Morgan fingerprint density at radius 1 is 1.11 bits per heavy atom. The molecule has 3 unspecified atom stereocenters. The number of carbonyl (C=O) groups is 3. The van der Waals surface area contributed by atoms with Crippen molar-refractivity contribution < 1.29 is 33.7 Å². The molecule has 0 bridgehead atoms. The van der Waals surface area contributed by atoms with Gasteiger partial charge in [-0.15, -0.1) is 0 Å². The van der Waals surface area contributed by atoms with Crippen LogP contribution in [0.2, 0.25) is 0 Å². The Morgan fingerprint density at radius 2 is 1.74 bits per heavy atom. The van der Waals surface area contributed by atoms with Crippen LogP contribution in [0.5, 0.6) is 0 Å². The van der Waals surface area contributed by atoms with Crippen molar-refractivity contribution in [1.29, 1.82) is 0 Å². The summed E-state index contributed by atoms with van der Waals surface area (Å²) in [6.45, 7) is 1.96. The predicted molar refractivity (Wildman–Crippen MR) is 127 cm³/mol. The number of fused-ring (bicyclic) bond motifs is 3. The third-order valence-corrected chi connectivity index (χ3v) is 6.84. The summed E-state index contributed by atoms with van der Waals surface area (Å²) in [6, 6.07) is 15.5. The highest BCUT2D eigenvalue weighted by molar-refractivity contribution is 5.81. The number of rotatable bonds is 9. The Bertz CT molecular complexity index is 1060. The van der Waals surface area contributed by atoms with Crippen molar-refractivity contribution in [3.63, 3.8) is 0 Å². The first kappa shape index (κ1) is 24.7. The number of carbonyl (C=O) groups excluding carboxylic acids is 2. The van der Waals surface area contributed by atoms with Crippen molar-refractivity contribution in [3.05, 3.63) is 59.7 Å². The molecule has 2 amide bonds. The van der Waals surface area contributed by atoms with E-state index in [1.54, 1.807) is 6.92 Å². The molecule has 3 atom stereocenters. The molecule has 1 aliphatic carbocycles. The minimum Gasteiger partial charge on any atom is -0.481 e. The van der Waals surface area contributed by atoms with Gasteiger partial charge in [-0.1, -0.05) is 48.5 Å². The lowest BCUT2D eigenvalue weighted by atomic mass is 9.85. The number of benzene rings is 2. The van der Waals surface area contributed by atoms with Gasteiger partial charge >= 0.3 is 12.1 Å². The van der Waals surface area contributed by atoms with E-state index < -0.39 is 29.6 Å². The largest absolute Gasteiger partial charge is 0.481 e. The average Bonchev–Trinajstić information content (AvgIpc) is 3.39. The molecule has 0 saturated carbocycles. The van der Waals surface area contributed by atoms with Crippen molar-refractivity contribution in [2.75, 3.05) is 33.5 Å². The molecule has 0 aromatic heterocycles. The number of hydrogen-bond acceptors (Lipinski definition) is 6. The fourth-order valence-corrected chi connectivity index (χ4v) is 4.63. The maximum atomic E-state index is 12.5. The van der Waals surface area contributed by atoms with Gasteiger partial charge < -0.3 is 30.0 Å². The topological polar surface area (TPSA) is 123 Å². The molecule has 4 rings (SSSR count). The van der Waals surface area contributed by atoms with Crippen LogP contribution in [-0.4, -0.2) is 68.7 Å². The average molecular weight is 483 g/mol. The number of hydrogen-bond donors (Lipinski definition) is 3. The fourth-order valence-electron chi connectivity index (χ4n) is 4.63. The molecule has 1 heterocycles. The summed E-state index contributed by atoms with van der Waals surface area (Å²) in [7, 11) is 1.44. The van der Waals surface area contributed by atoms with Gasteiger partial charge in [0, 0.05) is 19.6 Å². The maximum absolute atomic E-state index is 12.5. The lowest BCUT2D eigenvalue weighted by Crippen LogP contribution is -2.50. The number of methoxy groups -OCH3 is 1. The Morgan fingerprint density at radius 3 is 2.34 bits per heavy atom. The minimum atomic E-state index is -1.18. The molecule has 3 N–H and O–H groups in total. The summed E-state index contributed by atoms with van der Waals surface area (Å²) >= 11 is 0. The first-order valence-electron chi connectivity index (χ1n) is 11.6. The fraction of sp³-hybridized carbons (Fsp3) is 0.423. The second-order valence-corrected chi connectivity index (χ2v) is 9.13. The smallest absolute Gasteiger partial charge is 0.407 e. The van der Waals surface area contributed by atoms with Crippen LogP contribution in [0, 0.1) is 5.41 Å². The third kappa shape index (κ3) is 5.16. The molecule has 0 spiro atoms. The Kier molecular flexibility index (Phi) is 7.37. The lowest BCUT2D eigenvalue weighted by molar-refractivity contribution is -0.149. The lowest BCUT2D eigenvalue weighted by Gasteiger charge is -2.26. The molecule has 1 fully saturated rings. The van der Waals surface area contributed by atoms with E-state index in [0.717, 1.165) is 22.3 Å². The minimum absolute atomic E-state index is 0.0321. The summed E-state index contributed by atoms with van der Waals surface area (Å²) in [5.74, 6) is -1.45. The second-order valence-electron chi connectivity index (χ2n) is 9.13. The zero-order valence-corrected chi connectivity index (χ0v) is 19.8. The zero-order valence-electron chi connectivity index (χ0n) is 19.8. The molecule has 0 radical (unpaired) electrons. The number of carboxylic acid groups (broad SMARTS) is 1. The monoisotopic (exact) mass is 482 g/mol. The highest BCUT2D eigenvalue weighted by Crippen LogP contribution is 2.44. The van der Waals surface area contributed by atoms with E-state index in [1.165, 1.54) is 7.11 Å². The van der Waals surface area contributed by atoms with Gasteiger partial charge in [0.2, 0.25) is 5.91 Å². The van der Waals surface area contributed by atoms with Crippen LogP contribution in [0.25, 0.3) is 11.1 Å². The molecule has 1 saturated heterocycles. The molecule has 186 valence electrons. The molecular formula is C26H30N2O7. The van der Waals surface area contributed by atoms with E-state index in [1.807, 2.05) is 36.4 Å². The molecule has 35 heavy (non-hydrogen) atoms. The Hall–Kier alpha value is -3.43. The van der Waals surface area contributed by atoms with Crippen LogP contribution in [-0.2, 0) is 23.8 Å². The van der Waals surface area contributed by atoms with Gasteiger partial charge in [-0.3, -0.25) is 9.59 Å². The van der Waals surface area contributed by atoms with Gasteiger partial charge in [0.25, 0.3) is 0 Å². The SMILES string of the molecule is COC(CNC(=O)OCC1c2ccccc2-c2ccccc21)CC(=O)NC1COCC1(C)C(=O)O. The van der Waals surface area contributed by atoms with E-state index in [4.69, 9.17) is 14.2 Å². The van der Waals surface area contributed by atoms with Gasteiger partial charge in [-0.2, -0.15) is 0 Å². The summed E-state index contributed by atoms with van der Waals surface area (Å²) < 4.78 is 16.1.